The summed E-state index contributed by atoms with van der Waals surface area (Å²) in [4.78, 5) is 17.4. The highest BCUT2D eigenvalue weighted by Gasteiger charge is 2.06. The second-order valence-corrected chi connectivity index (χ2v) is 6.72. The number of hydrogen-bond donors (Lipinski definition) is 1. The Morgan fingerprint density at radius 2 is 2.23 bits per heavy atom. The molecule has 22 heavy (non-hydrogen) atoms. The van der Waals surface area contributed by atoms with E-state index in [0.29, 0.717) is 11.7 Å². The zero-order valence-corrected chi connectivity index (χ0v) is 15.0. The molecule has 0 aliphatic carbocycles. The third-order valence-corrected chi connectivity index (χ3v) is 4.43. The minimum atomic E-state index is -0.212. The summed E-state index contributed by atoms with van der Waals surface area (Å²) in [6.07, 6.45) is 3.22. The topological polar surface area (TPSA) is 51.2 Å². The van der Waals surface area contributed by atoms with Crippen LogP contribution in [-0.4, -0.2) is 17.5 Å². The first-order chi connectivity index (χ1) is 10.5. The molecule has 1 N–H and O–H groups in total. The van der Waals surface area contributed by atoms with Gasteiger partial charge in [0, 0.05) is 21.0 Å². The number of rotatable bonds is 5. The van der Waals surface area contributed by atoms with Gasteiger partial charge in [0.15, 0.2) is 5.13 Å². The van der Waals surface area contributed by atoms with Crippen molar-refractivity contribution in [3.63, 3.8) is 0 Å². The van der Waals surface area contributed by atoms with Crippen LogP contribution in [-0.2, 0) is 4.79 Å². The second-order valence-electron chi connectivity index (χ2n) is 4.60. The molecule has 0 fully saturated rings. The molecule has 4 nitrogen and oxygen atoms in total. The summed E-state index contributed by atoms with van der Waals surface area (Å²) in [6, 6.07) is 5.69. The Kier molecular flexibility index (Phi) is 5.74. The molecule has 0 bridgehead atoms. The molecule has 2 aromatic rings. The number of aryl methyl sites for hydroxylation is 2. The van der Waals surface area contributed by atoms with Crippen LogP contribution in [0.3, 0.4) is 0 Å². The lowest BCUT2D eigenvalue weighted by Crippen LogP contribution is -2.07. The van der Waals surface area contributed by atoms with Crippen LogP contribution in [0.2, 0.25) is 0 Å². The molecule has 0 aliphatic rings. The molecule has 0 aliphatic heterocycles. The molecule has 1 heterocycles. The van der Waals surface area contributed by atoms with E-state index in [4.69, 9.17) is 4.74 Å². The summed E-state index contributed by atoms with van der Waals surface area (Å²) in [5.41, 5.74) is 1.78. The largest absolute Gasteiger partial charge is 0.493 e. The first-order valence-corrected chi connectivity index (χ1v) is 8.46. The van der Waals surface area contributed by atoms with Crippen molar-refractivity contribution in [3.8, 4) is 5.75 Å². The van der Waals surface area contributed by atoms with Crippen LogP contribution in [0, 0.1) is 13.8 Å². The van der Waals surface area contributed by atoms with Crippen molar-refractivity contribution in [2.45, 2.75) is 20.8 Å². The van der Waals surface area contributed by atoms with Gasteiger partial charge in [-0.3, -0.25) is 10.1 Å². The van der Waals surface area contributed by atoms with Crippen LogP contribution in [0.4, 0.5) is 5.13 Å². The van der Waals surface area contributed by atoms with Gasteiger partial charge in [-0.05, 0) is 45.0 Å². The number of carbonyl (C=O) groups excluding carboxylic acids is 1. The van der Waals surface area contributed by atoms with Gasteiger partial charge >= 0.3 is 0 Å². The van der Waals surface area contributed by atoms with Crippen LogP contribution < -0.4 is 10.1 Å². The Bertz CT molecular complexity index is 691. The van der Waals surface area contributed by atoms with Crippen LogP contribution in [0.5, 0.6) is 5.75 Å². The third-order valence-electron chi connectivity index (χ3n) is 2.94. The Hall–Kier alpha value is -1.66. The quantitative estimate of drug-likeness (QED) is 0.772. The molecule has 0 atom stereocenters. The summed E-state index contributed by atoms with van der Waals surface area (Å²) in [6.45, 7) is 6.41. The fourth-order valence-electron chi connectivity index (χ4n) is 1.78. The second kappa shape index (κ2) is 7.56. The molecule has 2 rings (SSSR count). The van der Waals surface area contributed by atoms with Gasteiger partial charge in [0.25, 0.3) is 0 Å². The minimum Gasteiger partial charge on any atom is -0.493 e. The first kappa shape index (κ1) is 16.7. The van der Waals surface area contributed by atoms with Crippen molar-refractivity contribution in [2.24, 2.45) is 0 Å². The van der Waals surface area contributed by atoms with Crippen molar-refractivity contribution in [3.05, 3.63) is 44.9 Å². The van der Waals surface area contributed by atoms with Crippen molar-refractivity contribution < 1.29 is 9.53 Å². The van der Waals surface area contributed by atoms with Gasteiger partial charge in [0.2, 0.25) is 5.91 Å². The molecule has 6 heteroatoms. The molecule has 0 radical (unpaired) electrons. The minimum absolute atomic E-state index is 0.212. The van der Waals surface area contributed by atoms with E-state index in [9.17, 15) is 4.79 Å². The maximum absolute atomic E-state index is 12.0. The standard InChI is InChI=1S/C16H17BrN2O2S/c1-4-21-14-7-6-13(17)9-12(14)5-8-15(20)19-16-18-10(2)11(3)22-16/h5-9H,4H2,1-3H3,(H,18,19,20). The highest BCUT2D eigenvalue weighted by atomic mass is 79.9. The predicted molar refractivity (Wildman–Crippen MR) is 94.6 cm³/mol. The number of hydrogen-bond acceptors (Lipinski definition) is 4. The summed E-state index contributed by atoms with van der Waals surface area (Å²) < 4.78 is 6.48. The molecule has 0 unspecified atom stereocenters. The molecule has 0 saturated heterocycles. The van der Waals surface area contributed by atoms with Crippen LogP contribution in [0.15, 0.2) is 28.7 Å². The number of aromatic nitrogens is 1. The number of carbonyl (C=O) groups is 1. The SMILES string of the molecule is CCOc1ccc(Br)cc1C=CC(=O)Nc1nc(C)c(C)s1. The van der Waals surface area contributed by atoms with E-state index in [1.54, 1.807) is 6.08 Å². The maximum atomic E-state index is 12.0. The molecule has 1 aromatic heterocycles. The summed E-state index contributed by atoms with van der Waals surface area (Å²) in [7, 11) is 0. The Morgan fingerprint density at radius 1 is 1.45 bits per heavy atom. The number of benzene rings is 1. The number of ether oxygens (including phenoxy) is 1. The molecular formula is C16H17BrN2O2S. The third kappa shape index (κ3) is 4.42. The fourth-order valence-corrected chi connectivity index (χ4v) is 2.97. The zero-order chi connectivity index (χ0) is 16.1. The van der Waals surface area contributed by atoms with E-state index in [1.807, 2.05) is 39.0 Å². The van der Waals surface area contributed by atoms with Gasteiger partial charge in [-0.25, -0.2) is 4.98 Å². The van der Waals surface area contributed by atoms with E-state index in [0.717, 1.165) is 26.4 Å². The van der Waals surface area contributed by atoms with E-state index in [2.05, 4.69) is 26.2 Å². The van der Waals surface area contributed by atoms with Gasteiger partial charge in [0.1, 0.15) is 5.75 Å². The lowest BCUT2D eigenvalue weighted by Gasteiger charge is -2.07. The highest BCUT2D eigenvalue weighted by molar-refractivity contribution is 9.10. The van der Waals surface area contributed by atoms with E-state index in [-0.39, 0.29) is 5.91 Å². The lowest BCUT2D eigenvalue weighted by molar-refractivity contribution is -0.111. The number of amides is 1. The maximum Gasteiger partial charge on any atom is 0.250 e. The van der Waals surface area contributed by atoms with Gasteiger partial charge in [-0.1, -0.05) is 15.9 Å². The zero-order valence-electron chi connectivity index (χ0n) is 12.6. The van der Waals surface area contributed by atoms with Gasteiger partial charge in [-0.2, -0.15) is 0 Å². The van der Waals surface area contributed by atoms with Gasteiger partial charge in [-0.15, -0.1) is 11.3 Å². The van der Waals surface area contributed by atoms with Gasteiger partial charge < -0.3 is 4.74 Å². The van der Waals surface area contributed by atoms with Crippen molar-refractivity contribution in [1.82, 2.24) is 4.98 Å². The number of halogens is 1. The normalized spacial score (nSPS) is 10.9. The van der Waals surface area contributed by atoms with Gasteiger partial charge in [0.05, 0.1) is 12.3 Å². The first-order valence-electron chi connectivity index (χ1n) is 6.85. The fraction of sp³-hybridized carbons (Fsp3) is 0.250. The monoisotopic (exact) mass is 380 g/mol. The van der Waals surface area contributed by atoms with E-state index in [1.165, 1.54) is 17.4 Å². The number of thiazole rings is 1. The average molecular weight is 381 g/mol. The molecule has 116 valence electrons. The number of nitrogens with zero attached hydrogens (tertiary/aromatic N) is 1. The van der Waals surface area contributed by atoms with Crippen molar-refractivity contribution in [2.75, 3.05) is 11.9 Å². The van der Waals surface area contributed by atoms with E-state index >= 15 is 0 Å². The summed E-state index contributed by atoms with van der Waals surface area (Å²) in [5.74, 6) is 0.534. The lowest BCUT2D eigenvalue weighted by atomic mass is 10.2. The van der Waals surface area contributed by atoms with Crippen LogP contribution in [0.25, 0.3) is 6.08 Å². The van der Waals surface area contributed by atoms with Crippen molar-refractivity contribution in [1.29, 1.82) is 0 Å². The summed E-state index contributed by atoms with van der Waals surface area (Å²) in [5, 5.41) is 3.38. The molecular weight excluding hydrogens is 364 g/mol. The molecule has 0 spiro atoms. The number of anilines is 1. The highest BCUT2D eigenvalue weighted by Crippen LogP contribution is 2.25. The molecule has 1 amide bonds. The smallest absolute Gasteiger partial charge is 0.250 e. The molecule has 1 aromatic carbocycles. The Morgan fingerprint density at radius 3 is 2.86 bits per heavy atom. The van der Waals surface area contributed by atoms with Crippen LogP contribution in [0.1, 0.15) is 23.1 Å². The Balaban J connectivity index is 2.10. The van der Waals surface area contributed by atoms with Crippen LogP contribution >= 0.6 is 27.3 Å². The molecule has 0 saturated carbocycles. The van der Waals surface area contributed by atoms with E-state index < -0.39 is 0 Å². The summed E-state index contributed by atoms with van der Waals surface area (Å²) >= 11 is 4.89. The van der Waals surface area contributed by atoms with Crippen molar-refractivity contribution >= 4 is 44.4 Å². The predicted octanol–water partition coefficient (Wildman–Crippen LogP) is 4.57. The Labute approximate surface area is 142 Å². The average Bonchev–Trinajstić information content (AvgIpc) is 2.77. The number of nitrogens with one attached hydrogen (secondary N) is 1.